The van der Waals surface area contributed by atoms with E-state index in [1.54, 1.807) is 0 Å². The molecule has 0 rings (SSSR count). The Morgan fingerprint density at radius 3 is 1.07 bits per heavy atom. The number of unbranched alkanes of at least 4 members (excludes halogenated alkanes) is 14. The molecule has 420 valence electrons. The molecule has 0 aromatic carbocycles. The Kier molecular flexibility index (Phi) is 52.1. The standard InChI is InChI=1S/C62H101O11P/c1-4-7-10-13-16-19-22-25-27-29-31-34-37-40-43-46-49-52-61(65)72-58(54-63)56-70-74(67,68)71-57-59(55-69-60(64)51-48-45-42-39-36-33-24-21-18-15-12-9-6-3)73-62(66)53-50-47-44-41-38-35-32-30-28-26-23-20-17-14-11-8-5-2/h7-8,10-11,16-17,19-20,25-28,31-32,34-35,40-41,43-44,58-59,63H,4-6,9,12-15,18,21-24,29-30,33,36-39,42,45-57H2,1-3H3,(H,67,68)/b10-7-,11-8-,19-16-,20-17-,27-25-,28-26-,34-31-,35-32-,43-40-,44-41-. The van der Waals surface area contributed by atoms with Gasteiger partial charge >= 0.3 is 25.7 Å². The smallest absolute Gasteiger partial charge is 0.462 e. The number of ether oxygens (including phenoxy) is 3. The van der Waals surface area contributed by atoms with Gasteiger partial charge in [-0.25, -0.2) is 4.57 Å². The third kappa shape index (κ3) is 52.7. The molecule has 0 fully saturated rings. The lowest BCUT2D eigenvalue weighted by molar-refractivity contribution is -0.161. The Balaban J connectivity index is 4.86. The lowest BCUT2D eigenvalue weighted by Gasteiger charge is -2.21. The van der Waals surface area contributed by atoms with Gasteiger partial charge in [0, 0.05) is 19.3 Å². The molecule has 11 nitrogen and oxygen atoms in total. The van der Waals surface area contributed by atoms with E-state index in [1.807, 2.05) is 24.3 Å². The Morgan fingerprint density at radius 2 is 0.703 bits per heavy atom. The van der Waals surface area contributed by atoms with Crippen LogP contribution in [0.15, 0.2) is 122 Å². The highest BCUT2D eigenvalue weighted by atomic mass is 31.2. The number of hydrogen-bond donors (Lipinski definition) is 2. The van der Waals surface area contributed by atoms with Crippen molar-refractivity contribution in [1.82, 2.24) is 0 Å². The van der Waals surface area contributed by atoms with Crippen molar-refractivity contribution in [3.63, 3.8) is 0 Å². The molecule has 0 saturated heterocycles. The van der Waals surface area contributed by atoms with Gasteiger partial charge in [-0.15, -0.1) is 0 Å². The van der Waals surface area contributed by atoms with Crippen molar-refractivity contribution in [2.45, 2.75) is 226 Å². The summed E-state index contributed by atoms with van der Waals surface area (Å²) in [5, 5.41) is 9.80. The second-order valence-electron chi connectivity index (χ2n) is 18.3. The van der Waals surface area contributed by atoms with E-state index in [1.165, 1.54) is 57.8 Å². The van der Waals surface area contributed by atoms with Gasteiger partial charge in [-0.2, -0.15) is 0 Å². The highest BCUT2D eigenvalue weighted by molar-refractivity contribution is 7.47. The minimum absolute atomic E-state index is 0.0802. The minimum Gasteiger partial charge on any atom is -0.462 e. The Hall–Kier alpha value is -4.12. The van der Waals surface area contributed by atoms with Gasteiger partial charge in [0.15, 0.2) is 6.10 Å². The summed E-state index contributed by atoms with van der Waals surface area (Å²) >= 11 is 0. The highest BCUT2D eigenvalue weighted by Gasteiger charge is 2.28. The molecule has 0 aliphatic rings. The molecule has 0 amide bonds. The predicted octanol–water partition coefficient (Wildman–Crippen LogP) is 16.8. The van der Waals surface area contributed by atoms with Crippen LogP contribution in [-0.4, -0.2) is 66.5 Å². The molecular weight excluding hydrogens is 952 g/mol. The third-order valence-electron chi connectivity index (χ3n) is 11.4. The molecule has 2 N–H and O–H groups in total. The van der Waals surface area contributed by atoms with Crippen LogP contribution in [-0.2, 0) is 42.2 Å². The van der Waals surface area contributed by atoms with E-state index >= 15 is 0 Å². The molecule has 0 radical (unpaired) electrons. The van der Waals surface area contributed by atoms with Gasteiger partial charge in [0.25, 0.3) is 0 Å². The first-order chi connectivity index (χ1) is 36.2. The highest BCUT2D eigenvalue weighted by Crippen LogP contribution is 2.43. The van der Waals surface area contributed by atoms with Gasteiger partial charge in [0.2, 0.25) is 0 Å². The molecule has 0 bridgehead atoms. The van der Waals surface area contributed by atoms with E-state index in [-0.39, 0.29) is 25.9 Å². The summed E-state index contributed by atoms with van der Waals surface area (Å²) in [6, 6.07) is 0. The zero-order chi connectivity index (χ0) is 54.1. The van der Waals surface area contributed by atoms with Gasteiger partial charge in [-0.1, -0.05) is 219 Å². The van der Waals surface area contributed by atoms with Gasteiger partial charge in [0.1, 0.15) is 12.7 Å². The van der Waals surface area contributed by atoms with Crippen molar-refractivity contribution >= 4 is 25.7 Å². The van der Waals surface area contributed by atoms with E-state index in [9.17, 15) is 28.9 Å². The van der Waals surface area contributed by atoms with E-state index in [0.717, 1.165) is 83.5 Å². The summed E-state index contributed by atoms with van der Waals surface area (Å²) in [6.45, 7) is 4.27. The van der Waals surface area contributed by atoms with Crippen molar-refractivity contribution in [2.75, 3.05) is 26.4 Å². The quantitative estimate of drug-likeness (QED) is 0.0197. The number of carbonyl (C=O) groups excluding carboxylic acids is 3. The molecule has 0 aliphatic carbocycles. The van der Waals surface area contributed by atoms with Gasteiger partial charge in [-0.05, 0) is 96.3 Å². The predicted molar refractivity (Wildman–Crippen MR) is 306 cm³/mol. The fourth-order valence-electron chi connectivity index (χ4n) is 7.13. The number of carbonyl (C=O) groups is 3. The monoisotopic (exact) mass is 1050 g/mol. The minimum atomic E-state index is -4.78. The lowest BCUT2D eigenvalue weighted by Crippen LogP contribution is -2.30. The van der Waals surface area contributed by atoms with Crippen LogP contribution in [0.2, 0.25) is 0 Å². The second-order valence-corrected chi connectivity index (χ2v) is 19.8. The number of rotatable bonds is 51. The zero-order valence-electron chi connectivity index (χ0n) is 46.3. The van der Waals surface area contributed by atoms with Crippen LogP contribution in [0.3, 0.4) is 0 Å². The largest absolute Gasteiger partial charge is 0.472 e. The van der Waals surface area contributed by atoms with Crippen molar-refractivity contribution in [2.24, 2.45) is 0 Å². The van der Waals surface area contributed by atoms with Crippen LogP contribution >= 0.6 is 7.82 Å². The number of phosphoric acid groups is 1. The lowest BCUT2D eigenvalue weighted by atomic mass is 10.0. The molecule has 0 aliphatic heterocycles. The fraction of sp³-hybridized carbons (Fsp3) is 0.629. The van der Waals surface area contributed by atoms with E-state index in [0.29, 0.717) is 32.1 Å². The van der Waals surface area contributed by atoms with Gasteiger partial charge in [-0.3, -0.25) is 23.4 Å². The van der Waals surface area contributed by atoms with Crippen LogP contribution in [0.4, 0.5) is 0 Å². The maximum Gasteiger partial charge on any atom is 0.472 e. The summed E-state index contributed by atoms with van der Waals surface area (Å²) in [6.07, 6.45) is 67.4. The number of allylic oxidation sites excluding steroid dienone is 20. The summed E-state index contributed by atoms with van der Waals surface area (Å²) in [7, 11) is -4.78. The molecule has 74 heavy (non-hydrogen) atoms. The molecule has 3 unspecified atom stereocenters. The molecule has 0 aromatic heterocycles. The summed E-state index contributed by atoms with van der Waals surface area (Å²) in [5.74, 6) is -1.61. The number of esters is 3. The topological polar surface area (TPSA) is 155 Å². The number of aliphatic hydroxyl groups excluding tert-OH is 1. The maximum absolute atomic E-state index is 12.9. The first-order valence-corrected chi connectivity index (χ1v) is 29.9. The van der Waals surface area contributed by atoms with E-state index < -0.39 is 57.8 Å². The molecular formula is C62H101O11P. The molecule has 12 heteroatoms. The van der Waals surface area contributed by atoms with E-state index in [2.05, 4.69) is 118 Å². The maximum atomic E-state index is 12.9. The molecule has 0 aromatic rings. The first-order valence-electron chi connectivity index (χ1n) is 28.4. The molecule has 0 saturated carbocycles. The average molecular weight is 1050 g/mol. The van der Waals surface area contributed by atoms with Crippen LogP contribution in [0, 0.1) is 0 Å². The number of hydrogen-bond acceptors (Lipinski definition) is 10. The number of aliphatic hydroxyl groups is 1. The average Bonchev–Trinajstić information content (AvgIpc) is 3.39. The Bertz CT molecular complexity index is 1700. The summed E-state index contributed by atoms with van der Waals surface area (Å²) in [5.41, 5.74) is 0. The molecule has 0 heterocycles. The molecule has 0 spiro atoms. The molecule has 3 atom stereocenters. The van der Waals surface area contributed by atoms with Crippen molar-refractivity contribution in [3.8, 4) is 0 Å². The normalized spacial score (nSPS) is 14.3. The fourth-order valence-corrected chi connectivity index (χ4v) is 7.92. The zero-order valence-corrected chi connectivity index (χ0v) is 47.2. The van der Waals surface area contributed by atoms with E-state index in [4.69, 9.17) is 23.3 Å². The van der Waals surface area contributed by atoms with Crippen molar-refractivity contribution < 1.29 is 52.2 Å². The van der Waals surface area contributed by atoms with Crippen LogP contribution in [0.25, 0.3) is 0 Å². The third-order valence-corrected chi connectivity index (χ3v) is 12.3. The van der Waals surface area contributed by atoms with Gasteiger partial charge in [0.05, 0.1) is 19.8 Å². The van der Waals surface area contributed by atoms with Crippen LogP contribution < -0.4 is 0 Å². The Labute approximate surface area is 449 Å². The van der Waals surface area contributed by atoms with Crippen LogP contribution in [0.5, 0.6) is 0 Å². The summed E-state index contributed by atoms with van der Waals surface area (Å²) < 4.78 is 39.4. The van der Waals surface area contributed by atoms with Crippen molar-refractivity contribution in [1.29, 1.82) is 0 Å². The van der Waals surface area contributed by atoms with Gasteiger partial charge < -0.3 is 24.2 Å². The number of phosphoric ester groups is 1. The first kappa shape index (κ1) is 69.9. The summed E-state index contributed by atoms with van der Waals surface area (Å²) in [4.78, 5) is 48.5. The van der Waals surface area contributed by atoms with Crippen LogP contribution in [0.1, 0.15) is 213 Å². The SMILES string of the molecule is CC/C=C\C/C=C\C/C=C\C/C=C\C/C=C\CCCC(=O)OC(CO)COP(=O)(O)OCC(COC(=O)CCCCCCCCCCCCCCC)OC(=O)CCC/C=C\C/C=C\C/C=C\C/C=C\C/C=C\CC. The Morgan fingerprint density at radius 1 is 0.392 bits per heavy atom. The second kappa shape index (κ2) is 55.1. The van der Waals surface area contributed by atoms with Crippen molar-refractivity contribution in [3.05, 3.63) is 122 Å².